The lowest BCUT2D eigenvalue weighted by Gasteiger charge is -2.12. The fourth-order valence-electron chi connectivity index (χ4n) is 0. The Morgan fingerprint density at radius 1 is 1.46 bits per heavy atom. The predicted molar refractivity (Wildman–Crippen MR) is 50.7 cm³/mol. The molecule has 0 unspecified atom stereocenters. The fourth-order valence-corrected chi connectivity index (χ4v) is 0. The van der Waals surface area contributed by atoms with E-state index >= 15 is 0 Å². The van der Waals surface area contributed by atoms with Gasteiger partial charge in [-0.1, -0.05) is 6.58 Å². The first-order valence-electron chi connectivity index (χ1n) is 3.41. The summed E-state index contributed by atoms with van der Waals surface area (Å²) in [6.07, 6.45) is 1.06. The Bertz CT molecular complexity index is 273. The first-order chi connectivity index (χ1) is 5.52. The van der Waals surface area contributed by atoms with Gasteiger partial charge in [0.2, 0.25) is 5.91 Å². The molecule has 0 rings (SSSR count). The minimum Gasteiger partial charge on any atom is -0.366 e. The van der Waals surface area contributed by atoms with E-state index in [-0.39, 0.29) is 0 Å². The zero-order valence-corrected chi connectivity index (χ0v) is 8.76. The van der Waals surface area contributed by atoms with Gasteiger partial charge in [-0.05, 0) is 26.8 Å². The second-order valence-electron chi connectivity index (χ2n) is 3.19. The Hall–Kier alpha value is -0.880. The van der Waals surface area contributed by atoms with Gasteiger partial charge in [-0.15, -0.1) is 0 Å². The van der Waals surface area contributed by atoms with Gasteiger partial charge in [0.1, 0.15) is 0 Å². The zero-order valence-electron chi connectivity index (χ0n) is 7.94. The Balaban J connectivity index is 0. The molecule has 0 fully saturated rings. The summed E-state index contributed by atoms with van der Waals surface area (Å²) < 4.78 is 27.7. The van der Waals surface area contributed by atoms with E-state index < -0.39 is 20.8 Å². The van der Waals surface area contributed by atoms with Crippen LogP contribution in [0.2, 0.25) is 0 Å². The second kappa shape index (κ2) is 4.98. The Morgan fingerprint density at radius 2 is 1.62 bits per heavy atom. The van der Waals surface area contributed by atoms with Crippen LogP contribution in [0.3, 0.4) is 0 Å². The summed E-state index contributed by atoms with van der Waals surface area (Å²) in [4.78, 5) is 9.47. The average molecular weight is 209 g/mol. The van der Waals surface area contributed by atoms with Gasteiger partial charge in [0, 0.05) is 0 Å². The van der Waals surface area contributed by atoms with Crippen molar-refractivity contribution >= 4 is 16.0 Å². The molecule has 0 aliphatic heterocycles. The van der Waals surface area contributed by atoms with Crippen LogP contribution in [0.1, 0.15) is 20.8 Å². The molecule has 0 aromatic rings. The SMILES string of the molecule is C=CC(N)=O.CC(C)(C)S(=O)(=O)O. The van der Waals surface area contributed by atoms with Crippen LogP contribution in [0.25, 0.3) is 0 Å². The van der Waals surface area contributed by atoms with Gasteiger partial charge in [-0.2, -0.15) is 8.42 Å². The molecule has 0 atom stereocenters. The third-order valence-electron chi connectivity index (χ3n) is 0.975. The maximum Gasteiger partial charge on any atom is 0.269 e. The van der Waals surface area contributed by atoms with Gasteiger partial charge < -0.3 is 5.73 Å². The van der Waals surface area contributed by atoms with E-state index in [1.165, 1.54) is 20.8 Å². The molecule has 0 bridgehead atoms. The molecule has 0 radical (unpaired) electrons. The lowest BCUT2D eigenvalue weighted by Crippen LogP contribution is -2.26. The van der Waals surface area contributed by atoms with E-state index in [1.54, 1.807) is 0 Å². The highest BCUT2D eigenvalue weighted by Crippen LogP contribution is 2.11. The summed E-state index contributed by atoms with van der Waals surface area (Å²) in [7, 11) is -3.84. The predicted octanol–water partition coefficient (Wildman–Crippen LogP) is 0.330. The number of amides is 1. The van der Waals surface area contributed by atoms with Gasteiger partial charge in [-0.25, -0.2) is 0 Å². The lowest BCUT2D eigenvalue weighted by atomic mass is 10.3. The van der Waals surface area contributed by atoms with Crippen molar-refractivity contribution in [2.75, 3.05) is 0 Å². The van der Waals surface area contributed by atoms with Gasteiger partial charge in [-0.3, -0.25) is 9.35 Å². The van der Waals surface area contributed by atoms with Crippen LogP contribution in [0.5, 0.6) is 0 Å². The monoisotopic (exact) mass is 209 g/mol. The quantitative estimate of drug-likeness (QED) is 0.480. The van der Waals surface area contributed by atoms with Crippen LogP contribution >= 0.6 is 0 Å². The van der Waals surface area contributed by atoms with E-state index in [0.29, 0.717) is 0 Å². The third kappa shape index (κ3) is 9.03. The molecule has 3 N–H and O–H groups in total. The summed E-state index contributed by atoms with van der Waals surface area (Å²) in [5.74, 6) is -0.481. The molecule has 0 aliphatic carbocycles. The molecule has 0 saturated heterocycles. The number of rotatable bonds is 1. The number of hydrogen-bond donors (Lipinski definition) is 2. The molecule has 0 heterocycles. The highest BCUT2D eigenvalue weighted by atomic mass is 32.2. The summed E-state index contributed by atoms with van der Waals surface area (Å²) in [5, 5.41) is 0. The summed E-state index contributed by atoms with van der Waals surface area (Å²) in [6, 6.07) is 0. The summed E-state index contributed by atoms with van der Waals surface area (Å²) >= 11 is 0. The van der Waals surface area contributed by atoms with E-state index in [2.05, 4.69) is 12.3 Å². The number of carbonyl (C=O) groups excluding carboxylic acids is 1. The highest BCUT2D eigenvalue weighted by Gasteiger charge is 2.25. The first-order valence-corrected chi connectivity index (χ1v) is 4.85. The van der Waals surface area contributed by atoms with Crippen LogP contribution in [-0.2, 0) is 14.9 Å². The topological polar surface area (TPSA) is 97.5 Å². The minimum absolute atomic E-state index is 0.481. The Kier molecular flexibility index (Phi) is 5.61. The maximum atomic E-state index is 10.2. The molecule has 1 amide bonds. The van der Waals surface area contributed by atoms with Crippen molar-refractivity contribution in [2.45, 2.75) is 25.5 Å². The van der Waals surface area contributed by atoms with E-state index in [9.17, 15) is 13.2 Å². The van der Waals surface area contributed by atoms with Crippen LogP contribution in [0, 0.1) is 0 Å². The van der Waals surface area contributed by atoms with Crippen molar-refractivity contribution in [3.63, 3.8) is 0 Å². The smallest absolute Gasteiger partial charge is 0.269 e. The summed E-state index contributed by atoms with van der Waals surface area (Å²) in [5.41, 5.74) is 4.53. The first kappa shape index (κ1) is 14.6. The Morgan fingerprint density at radius 3 is 1.62 bits per heavy atom. The second-order valence-corrected chi connectivity index (χ2v) is 5.37. The van der Waals surface area contributed by atoms with Crippen LogP contribution in [-0.4, -0.2) is 23.6 Å². The van der Waals surface area contributed by atoms with Crippen molar-refractivity contribution in [1.29, 1.82) is 0 Å². The van der Waals surface area contributed by atoms with Crippen molar-refractivity contribution in [1.82, 2.24) is 0 Å². The zero-order chi connectivity index (χ0) is 11.3. The van der Waals surface area contributed by atoms with E-state index in [0.717, 1.165) is 6.08 Å². The van der Waals surface area contributed by atoms with Crippen LogP contribution < -0.4 is 5.73 Å². The van der Waals surface area contributed by atoms with Crippen molar-refractivity contribution in [2.24, 2.45) is 5.73 Å². The van der Waals surface area contributed by atoms with E-state index in [4.69, 9.17) is 4.55 Å². The van der Waals surface area contributed by atoms with Crippen molar-refractivity contribution < 1.29 is 17.8 Å². The number of carbonyl (C=O) groups is 1. The third-order valence-corrected chi connectivity index (χ3v) is 2.52. The number of primary amides is 1. The molecule has 0 aliphatic rings. The highest BCUT2D eigenvalue weighted by molar-refractivity contribution is 7.87. The number of hydrogen-bond acceptors (Lipinski definition) is 3. The van der Waals surface area contributed by atoms with Gasteiger partial charge in [0.25, 0.3) is 10.1 Å². The molecular formula is C7H15NO4S. The standard InChI is InChI=1S/C4H10O3S.C3H5NO/c1-4(2,3)8(5,6)7;1-2-3(4)5/h1-3H3,(H,5,6,7);2H,1H2,(H2,4,5). The molecule has 5 nitrogen and oxygen atoms in total. The van der Waals surface area contributed by atoms with Gasteiger partial charge in [0.05, 0.1) is 4.75 Å². The molecule has 6 heteroatoms. The fraction of sp³-hybridized carbons (Fsp3) is 0.571. The summed E-state index contributed by atoms with van der Waals surface area (Å²) in [6.45, 7) is 7.38. The van der Waals surface area contributed by atoms with Crippen LogP contribution in [0.15, 0.2) is 12.7 Å². The largest absolute Gasteiger partial charge is 0.366 e. The molecule has 0 spiro atoms. The van der Waals surface area contributed by atoms with Crippen molar-refractivity contribution in [3.05, 3.63) is 12.7 Å². The van der Waals surface area contributed by atoms with Crippen molar-refractivity contribution in [3.8, 4) is 0 Å². The normalized spacial score (nSPS) is 11.1. The molecule has 0 saturated carbocycles. The van der Waals surface area contributed by atoms with Gasteiger partial charge in [0.15, 0.2) is 0 Å². The minimum atomic E-state index is -3.84. The molecular weight excluding hydrogens is 194 g/mol. The average Bonchev–Trinajstić information content (AvgIpc) is 1.84. The van der Waals surface area contributed by atoms with Gasteiger partial charge >= 0.3 is 0 Å². The molecule has 13 heavy (non-hydrogen) atoms. The maximum absolute atomic E-state index is 10.2. The number of nitrogens with two attached hydrogens (primary N) is 1. The molecule has 78 valence electrons. The molecule has 0 aromatic heterocycles. The lowest BCUT2D eigenvalue weighted by molar-refractivity contribution is -0.113. The Labute approximate surface area is 78.4 Å². The molecule has 0 aromatic carbocycles. The van der Waals surface area contributed by atoms with Crippen LogP contribution in [0.4, 0.5) is 0 Å². The van der Waals surface area contributed by atoms with E-state index in [1.807, 2.05) is 0 Å².